The maximum absolute atomic E-state index is 12.1. The first-order valence-corrected chi connectivity index (χ1v) is 9.75. The van der Waals surface area contributed by atoms with Crippen LogP contribution in [0, 0.1) is 6.92 Å². The first kappa shape index (κ1) is 23.4. The lowest BCUT2D eigenvalue weighted by atomic mass is 10.1. The summed E-state index contributed by atoms with van der Waals surface area (Å²) >= 11 is 1.74. The van der Waals surface area contributed by atoms with Crippen molar-refractivity contribution in [1.29, 1.82) is 0 Å². The van der Waals surface area contributed by atoms with Crippen LogP contribution in [0.1, 0.15) is 33.3 Å². The molecule has 0 aliphatic rings. The molecule has 0 aliphatic heterocycles. The highest BCUT2D eigenvalue weighted by atomic mass is 127. The van der Waals surface area contributed by atoms with Crippen molar-refractivity contribution in [3.8, 4) is 0 Å². The van der Waals surface area contributed by atoms with Crippen LogP contribution in [0.25, 0.3) is 0 Å². The molecule has 148 valence electrons. The lowest BCUT2D eigenvalue weighted by molar-refractivity contribution is 0.0827. The van der Waals surface area contributed by atoms with Gasteiger partial charge in [-0.15, -0.1) is 35.3 Å². The van der Waals surface area contributed by atoms with Crippen LogP contribution in [0.4, 0.5) is 0 Å². The highest BCUT2D eigenvalue weighted by molar-refractivity contribution is 14.0. The van der Waals surface area contributed by atoms with Gasteiger partial charge in [0.1, 0.15) is 0 Å². The molecular formula is C20H29IN4OS. The van der Waals surface area contributed by atoms with Gasteiger partial charge in [-0.2, -0.15) is 0 Å². The molecule has 0 fully saturated rings. The Morgan fingerprint density at radius 3 is 2.63 bits per heavy atom. The van der Waals surface area contributed by atoms with E-state index >= 15 is 0 Å². The van der Waals surface area contributed by atoms with Crippen LogP contribution >= 0.6 is 35.3 Å². The number of hydrogen-bond donors (Lipinski definition) is 2. The fraction of sp³-hybridized carbons (Fsp3) is 0.400. The monoisotopic (exact) mass is 500 g/mol. The van der Waals surface area contributed by atoms with Crippen LogP contribution in [0.15, 0.2) is 40.7 Å². The second kappa shape index (κ2) is 12.0. The number of aryl methyl sites for hydroxylation is 1. The van der Waals surface area contributed by atoms with Crippen molar-refractivity contribution in [3.63, 3.8) is 0 Å². The largest absolute Gasteiger partial charge is 0.357 e. The van der Waals surface area contributed by atoms with Gasteiger partial charge in [-0.3, -0.25) is 4.79 Å². The minimum atomic E-state index is 0. The number of carbonyl (C=O) groups is 1. The highest BCUT2D eigenvalue weighted by Gasteiger charge is 2.08. The van der Waals surface area contributed by atoms with Crippen molar-refractivity contribution in [3.05, 3.63) is 57.3 Å². The van der Waals surface area contributed by atoms with Gasteiger partial charge in [0.05, 0.1) is 6.54 Å². The summed E-state index contributed by atoms with van der Waals surface area (Å²) < 4.78 is 0. The van der Waals surface area contributed by atoms with Gasteiger partial charge in [0, 0.05) is 37.6 Å². The summed E-state index contributed by atoms with van der Waals surface area (Å²) in [5, 5.41) is 8.75. The third-order valence-corrected chi connectivity index (χ3v) is 4.99. The van der Waals surface area contributed by atoms with E-state index in [-0.39, 0.29) is 29.9 Å². The molecule has 0 saturated heterocycles. The van der Waals surface area contributed by atoms with E-state index < -0.39 is 0 Å². The number of halogens is 1. The van der Waals surface area contributed by atoms with Crippen molar-refractivity contribution in [2.24, 2.45) is 4.99 Å². The Morgan fingerprint density at radius 2 is 2.00 bits per heavy atom. The second-order valence-electron chi connectivity index (χ2n) is 6.30. The molecule has 0 bridgehead atoms. The van der Waals surface area contributed by atoms with Crippen molar-refractivity contribution in [2.75, 3.05) is 27.2 Å². The summed E-state index contributed by atoms with van der Waals surface area (Å²) in [4.78, 5) is 19.6. The average Bonchev–Trinajstić information content (AvgIpc) is 3.04. The average molecular weight is 500 g/mol. The van der Waals surface area contributed by atoms with Crippen molar-refractivity contribution >= 4 is 47.2 Å². The van der Waals surface area contributed by atoms with Gasteiger partial charge in [-0.05, 0) is 55.0 Å². The molecule has 0 spiro atoms. The van der Waals surface area contributed by atoms with E-state index in [0.717, 1.165) is 36.6 Å². The van der Waals surface area contributed by atoms with Gasteiger partial charge in [-0.1, -0.05) is 12.1 Å². The van der Waals surface area contributed by atoms with Crippen molar-refractivity contribution < 1.29 is 4.79 Å². The second-order valence-corrected chi connectivity index (χ2v) is 7.30. The first-order chi connectivity index (χ1) is 12.5. The van der Waals surface area contributed by atoms with E-state index in [9.17, 15) is 4.79 Å². The molecule has 0 aliphatic carbocycles. The maximum Gasteiger partial charge on any atom is 0.253 e. The fourth-order valence-electron chi connectivity index (χ4n) is 2.50. The number of benzene rings is 1. The molecule has 1 aromatic heterocycles. The predicted octanol–water partition coefficient (Wildman–Crippen LogP) is 3.67. The third kappa shape index (κ3) is 7.50. The van der Waals surface area contributed by atoms with Gasteiger partial charge >= 0.3 is 0 Å². The Kier molecular flexibility index (Phi) is 10.4. The summed E-state index contributed by atoms with van der Waals surface area (Å²) in [5.41, 5.74) is 3.15. The topological polar surface area (TPSA) is 56.7 Å². The zero-order valence-electron chi connectivity index (χ0n) is 16.4. The number of hydrogen-bond acceptors (Lipinski definition) is 3. The Balaban J connectivity index is 0.00000364. The molecule has 0 atom stereocenters. The Bertz CT molecular complexity index is 758. The van der Waals surface area contributed by atoms with Crippen molar-refractivity contribution in [2.45, 2.75) is 26.8 Å². The van der Waals surface area contributed by atoms with Gasteiger partial charge in [0.25, 0.3) is 5.91 Å². The van der Waals surface area contributed by atoms with Crippen LogP contribution in [-0.2, 0) is 13.0 Å². The first-order valence-electron chi connectivity index (χ1n) is 8.87. The highest BCUT2D eigenvalue weighted by Crippen LogP contribution is 2.16. The van der Waals surface area contributed by atoms with Gasteiger partial charge in [0.15, 0.2) is 5.96 Å². The summed E-state index contributed by atoms with van der Waals surface area (Å²) in [6.45, 7) is 6.44. The zero-order valence-corrected chi connectivity index (χ0v) is 19.6. The quantitative estimate of drug-likeness (QED) is 0.347. The molecular weight excluding hydrogens is 471 g/mol. The summed E-state index contributed by atoms with van der Waals surface area (Å²) in [7, 11) is 3.54. The van der Waals surface area contributed by atoms with Gasteiger partial charge in [0.2, 0.25) is 0 Å². The van der Waals surface area contributed by atoms with E-state index in [2.05, 4.69) is 40.9 Å². The number of nitrogens with zero attached hydrogens (tertiary/aromatic N) is 2. The van der Waals surface area contributed by atoms with Gasteiger partial charge < -0.3 is 15.5 Å². The molecule has 5 nitrogen and oxygen atoms in total. The molecule has 1 aromatic carbocycles. The summed E-state index contributed by atoms with van der Waals surface area (Å²) in [5.74, 6) is 0.849. The molecule has 1 amide bonds. The SMILES string of the molecule is CCNC(=NCc1sccc1C)NCCc1cccc(C(=O)N(C)C)c1.I. The number of thiophene rings is 1. The molecule has 1 heterocycles. The van der Waals surface area contributed by atoms with E-state index in [1.54, 1.807) is 30.3 Å². The smallest absolute Gasteiger partial charge is 0.253 e. The van der Waals surface area contributed by atoms with Crippen LogP contribution in [0.2, 0.25) is 0 Å². The minimum absolute atomic E-state index is 0. The number of nitrogens with one attached hydrogen (secondary N) is 2. The van der Waals surface area contributed by atoms with Crippen LogP contribution < -0.4 is 10.6 Å². The van der Waals surface area contributed by atoms with Crippen LogP contribution in [-0.4, -0.2) is 44.0 Å². The van der Waals surface area contributed by atoms with Crippen LogP contribution in [0.5, 0.6) is 0 Å². The van der Waals surface area contributed by atoms with Crippen LogP contribution in [0.3, 0.4) is 0 Å². The van der Waals surface area contributed by atoms with E-state index in [1.807, 2.05) is 24.3 Å². The predicted molar refractivity (Wildman–Crippen MR) is 125 cm³/mol. The fourth-order valence-corrected chi connectivity index (χ4v) is 3.33. The Morgan fingerprint density at radius 1 is 1.22 bits per heavy atom. The summed E-state index contributed by atoms with van der Waals surface area (Å²) in [6.07, 6.45) is 0.830. The lowest BCUT2D eigenvalue weighted by Crippen LogP contribution is -2.38. The lowest BCUT2D eigenvalue weighted by Gasteiger charge is -2.13. The Hall–Kier alpha value is -1.61. The van der Waals surface area contributed by atoms with Crippen molar-refractivity contribution in [1.82, 2.24) is 15.5 Å². The maximum atomic E-state index is 12.1. The summed E-state index contributed by atoms with van der Waals surface area (Å²) in [6, 6.07) is 9.92. The van der Waals surface area contributed by atoms with E-state index in [4.69, 9.17) is 0 Å². The van der Waals surface area contributed by atoms with Gasteiger partial charge in [-0.25, -0.2) is 4.99 Å². The molecule has 0 unspecified atom stereocenters. The molecule has 2 N–H and O–H groups in total. The minimum Gasteiger partial charge on any atom is -0.357 e. The number of aliphatic imine (C=N–C) groups is 1. The zero-order chi connectivity index (χ0) is 18.9. The standard InChI is InChI=1S/C20H28N4OS.HI/c1-5-21-20(23-14-18-15(2)10-12-26-18)22-11-9-16-7-6-8-17(13-16)19(25)24(3)4;/h6-8,10,12-13H,5,9,11,14H2,1-4H3,(H2,21,22,23);1H. The van der Waals surface area contributed by atoms with E-state index in [1.165, 1.54) is 10.4 Å². The molecule has 2 aromatic rings. The number of amides is 1. The van der Waals surface area contributed by atoms with E-state index in [0.29, 0.717) is 6.54 Å². The normalized spacial score (nSPS) is 10.9. The molecule has 7 heteroatoms. The molecule has 0 saturated carbocycles. The molecule has 2 rings (SSSR count). The Labute approximate surface area is 183 Å². The number of rotatable bonds is 7. The molecule has 0 radical (unpaired) electrons. The number of guanidine groups is 1. The number of carbonyl (C=O) groups excluding carboxylic acids is 1. The third-order valence-electron chi connectivity index (χ3n) is 3.98. The molecule has 27 heavy (non-hydrogen) atoms.